The van der Waals surface area contributed by atoms with Crippen molar-refractivity contribution in [3.63, 3.8) is 0 Å². The summed E-state index contributed by atoms with van der Waals surface area (Å²) in [6, 6.07) is 8.60. The van der Waals surface area contributed by atoms with Crippen molar-refractivity contribution in [2.45, 2.75) is 29.4 Å². The van der Waals surface area contributed by atoms with Gasteiger partial charge in [-0.15, -0.1) is 22.7 Å². The lowest BCUT2D eigenvalue weighted by molar-refractivity contribution is 0.595. The molecule has 132 valence electrons. The number of thioether (sulfide) groups is 2. The minimum Gasteiger partial charge on any atom is -0.307 e. The van der Waals surface area contributed by atoms with Gasteiger partial charge in [-0.1, -0.05) is 35.7 Å². The number of thiophene rings is 1. The van der Waals surface area contributed by atoms with Gasteiger partial charge in [0.2, 0.25) is 0 Å². The molecule has 4 nitrogen and oxygen atoms in total. The second kappa shape index (κ2) is 6.37. The molecule has 5 rings (SSSR count). The fraction of sp³-hybridized carbons (Fsp3) is 0.278. The van der Waals surface area contributed by atoms with Crippen molar-refractivity contribution in [2.24, 2.45) is 0 Å². The van der Waals surface area contributed by atoms with E-state index >= 15 is 0 Å². The van der Waals surface area contributed by atoms with Crippen LogP contribution < -0.4 is 5.56 Å². The van der Waals surface area contributed by atoms with E-state index in [9.17, 15) is 4.79 Å². The molecule has 3 aromatic heterocycles. The number of fused-ring (bicyclic) bond motifs is 4. The molecule has 0 unspecified atom stereocenters. The number of benzene rings is 1. The highest BCUT2D eigenvalue weighted by molar-refractivity contribution is 8.01. The van der Waals surface area contributed by atoms with E-state index in [-0.39, 0.29) is 5.56 Å². The normalized spacial score (nSPS) is 16.6. The number of hydrogen-bond acceptors (Lipinski definition) is 7. The van der Waals surface area contributed by atoms with Gasteiger partial charge in [-0.05, 0) is 31.5 Å². The van der Waals surface area contributed by atoms with Gasteiger partial charge in [0.15, 0.2) is 9.50 Å². The van der Waals surface area contributed by atoms with Crippen molar-refractivity contribution in [1.82, 2.24) is 14.5 Å². The van der Waals surface area contributed by atoms with Gasteiger partial charge in [0.1, 0.15) is 4.83 Å². The van der Waals surface area contributed by atoms with Crippen molar-refractivity contribution in [1.29, 1.82) is 0 Å². The molecule has 1 aliphatic rings. The third-order valence-corrected chi connectivity index (χ3v) is 9.27. The van der Waals surface area contributed by atoms with Crippen LogP contribution in [0.1, 0.15) is 16.5 Å². The van der Waals surface area contributed by atoms with E-state index in [4.69, 9.17) is 4.98 Å². The van der Waals surface area contributed by atoms with Gasteiger partial charge in [0.25, 0.3) is 5.56 Å². The summed E-state index contributed by atoms with van der Waals surface area (Å²) in [5.41, 5.74) is 2.06. The highest BCUT2D eigenvalue weighted by Crippen LogP contribution is 2.41. The molecule has 1 aromatic carbocycles. The lowest BCUT2D eigenvalue weighted by atomic mass is 10.2. The molecule has 0 radical (unpaired) electrons. The fourth-order valence-corrected chi connectivity index (χ4v) is 7.92. The molecular formula is C18H15N3OS4. The first kappa shape index (κ1) is 16.8. The molecule has 0 fully saturated rings. The van der Waals surface area contributed by atoms with Crippen LogP contribution in [-0.2, 0) is 0 Å². The van der Waals surface area contributed by atoms with Gasteiger partial charge in [0.05, 0.1) is 21.6 Å². The van der Waals surface area contributed by atoms with Crippen molar-refractivity contribution >= 4 is 66.6 Å². The van der Waals surface area contributed by atoms with Crippen LogP contribution >= 0.6 is 46.2 Å². The molecule has 4 heterocycles. The highest BCUT2D eigenvalue weighted by Gasteiger charge is 2.28. The quantitative estimate of drug-likeness (QED) is 0.342. The molecule has 4 aromatic rings. The molecule has 0 N–H and O–H groups in total. The predicted molar refractivity (Wildman–Crippen MR) is 113 cm³/mol. The Morgan fingerprint density at radius 1 is 1.23 bits per heavy atom. The maximum atomic E-state index is 12.4. The standard InChI is InChI=1S/C18H15N3OS4/c1-9-10(2)25-16-14(9)15(22)20-17-21(16)11(7-23-17)8-24-18-19-12-5-3-4-6-13(12)26-18/h3-6,11H,7-8H2,1-2H3/t11-/m1/s1. The van der Waals surface area contributed by atoms with Crippen LogP contribution in [0.25, 0.3) is 20.4 Å². The topological polar surface area (TPSA) is 47.8 Å². The van der Waals surface area contributed by atoms with Crippen LogP contribution in [0, 0.1) is 13.8 Å². The summed E-state index contributed by atoms with van der Waals surface area (Å²) >= 11 is 6.95. The third-order valence-electron chi connectivity index (χ3n) is 4.65. The molecule has 1 aliphatic heterocycles. The van der Waals surface area contributed by atoms with E-state index < -0.39 is 0 Å². The Balaban J connectivity index is 1.49. The van der Waals surface area contributed by atoms with E-state index in [1.165, 1.54) is 9.58 Å². The lowest BCUT2D eigenvalue weighted by Crippen LogP contribution is -2.16. The Kier molecular flexibility index (Phi) is 4.11. The first-order valence-electron chi connectivity index (χ1n) is 8.25. The number of nitrogens with zero attached hydrogens (tertiary/aromatic N) is 3. The Labute approximate surface area is 166 Å². The minimum atomic E-state index is -0.0833. The van der Waals surface area contributed by atoms with E-state index in [1.807, 2.05) is 13.0 Å². The predicted octanol–water partition coefficient (Wildman–Crippen LogP) is 5.12. The number of thiazole rings is 1. The Hall–Kier alpha value is -1.35. The van der Waals surface area contributed by atoms with Crippen LogP contribution in [0.5, 0.6) is 0 Å². The molecule has 0 saturated heterocycles. The van der Waals surface area contributed by atoms with Crippen LogP contribution in [-0.4, -0.2) is 26.0 Å². The largest absolute Gasteiger partial charge is 0.307 e. The second-order valence-corrected chi connectivity index (χ2v) is 10.7. The molecule has 26 heavy (non-hydrogen) atoms. The monoisotopic (exact) mass is 417 g/mol. The van der Waals surface area contributed by atoms with E-state index in [2.05, 4.69) is 34.7 Å². The number of rotatable bonds is 3. The third kappa shape index (κ3) is 2.62. The zero-order chi connectivity index (χ0) is 17.8. The second-order valence-electron chi connectivity index (χ2n) is 6.26. The average molecular weight is 418 g/mol. The SMILES string of the molecule is Cc1sc2c(c1C)c(=O)nc1n2[C@@H](CSc2nc3ccccc3s2)CS1. The molecule has 1 atom stereocenters. The summed E-state index contributed by atoms with van der Waals surface area (Å²) in [5, 5.41) is 1.66. The Morgan fingerprint density at radius 3 is 2.92 bits per heavy atom. The van der Waals surface area contributed by atoms with Crippen molar-refractivity contribution in [3.05, 3.63) is 45.1 Å². The first-order chi connectivity index (χ1) is 12.6. The molecule has 0 bridgehead atoms. The maximum absolute atomic E-state index is 12.4. The zero-order valence-electron chi connectivity index (χ0n) is 14.2. The average Bonchev–Trinajstić information content (AvgIpc) is 3.29. The molecule has 8 heteroatoms. The molecule has 0 amide bonds. The smallest absolute Gasteiger partial charge is 0.282 e. The molecule has 0 saturated carbocycles. The maximum Gasteiger partial charge on any atom is 0.282 e. The first-order valence-corrected chi connectivity index (χ1v) is 11.9. The number of aryl methyl sites for hydroxylation is 2. The van der Waals surface area contributed by atoms with Gasteiger partial charge in [0, 0.05) is 16.4 Å². The van der Waals surface area contributed by atoms with Gasteiger partial charge in [-0.25, -0.2) is 4.98 Å². The fourth-order valence-electron chi connectivity index (χ4n) is 3.19. The summed E-state index contributed by atoms with van der Waals surface area (Å²) in [6.07, 6.45) is 0. The van der Waals surface area contributed by atoms with Crippen LogP contribution in [0.3, 0.4) is 0 Å². The summed E-state index contributed by atoms with van der Waals surface area (Å²) in [7, 11) is 0. The van der Waals surface area contributed by atoms with E-state index in [1.54, 1.807) is 46.2 Å². The van der Waals surface area contributed by atoms with Crippen LogP contribution in [0.15, 0.2) is 38.6 Å². The highest BCUT2D eigenvalue weighted by atomic mass is 32.2. The van der Waals surface area contributed by atoms with Gasteiger partial charge in [-0.3, -0.25) is 4.79 Å². The van der Waals surface area contributed by atoms with Crippen molar-refractivity contribution in [3.8, 4) is 0 Å². The van der Waals surface area contributed by atoms with Crippen molar-refractivity contribution in [2.75, 3.05) is 11.5 Å². The summed E-state index contributed by atoms with van der Waals surface area (Å²) in [6.45, 7) is 4.11. The van der Waals surface area contributed by atoms with Crippen molar-refractivity contribution < 1.29 is 0 Å². The minimum absolute atomic E-state index is 0.0833. The van der Waals surface area contributed by atoms with Gasteiger partial charge < -0.3 is 4.57 Å². The summed E-state index contributed by atoms with van der Waals surface area (Å²) in [5.74, 6) is 1.90. The molecule has 0 spiro atoms. The lowest BCUT2D eigenvalue weighted by Gasteiger charge is -2.13. The molecule has 0 aliphatic carbocycles. The number of aromatic nitrogens is 3. The Morgan fingerprint density at radius 2 is 2.08 bits per heavy atom. The van der Waals surface area contributed by atoms with Gasteiger partial charge in [-0.2, -0.15) is 4.98 Å². The Bertz CT molecular complexity index is 1170. The molecular weight excluding hydrogens is 402 g/mol. The van der Waals surface area contributed by atoms with E-state index in [0.717, 1.165) is 42.3 Å². The van der Waals surface area contributed by atoms with E-state index in [0.29, 0.717) is 6.04 Å². The number of hydrogen-bond donors (Lipinski definition) is 0. The summed E-state index contributed by atoms with van der Waals surface area (Å²) < 4.78 is 4.62. The van der Waals surface area contributed by atoms with Crippen LogP contribution in [0.4, 0.5) is 0 Å². The van der Waals surface area contributed by atoms with Crippen LogP contribution in [0.2, 0.25) is 0 Å². The van der Waals surface area contributed by atoms with Gasteiger partial charge >= 0.3 is 0 Å². The number of para-hydroxylation sites is 1. The summed E-state index contributed by atoms with van der Waals surface area (Å²) in [4.78, 5) is 23.8. The zero-order valence-corrected chi connectivity index (χ0v) is 17.4.